The highest BCUT2D eigenvalue weighted by Crippen LogP contribution is 2.14. The van der Waals surface area contributed by atoms with E-state index in [1.54, 1.807) is 22.7 Å². The molecule has 0 unspecified atom stereocenters. The first-order valence-corrected chi connectivity index (χ1v) is 8.91. The van der Waals surface area contributed by atoms with Gasteiger partial charge in [0.1, 0.15) is 0 Å². The summed E-state index contributed by atoms with van der Waals surface area (Å²) in [4.78, 5) is 28.2. The molecule has 6 heteroatoms. The zero-order valence-electron chi connectivity index (χ0n) is 15.9. The zero-order valence-corrected chi connectivity index (χ0v) is 15.9. The number of nitrogens with zero attached hydrogens (tertiary/aromatic N) is 4. The number of aromatic nitrogens is 2. The normalized spacial score (nSPS) is 10.8. The Kier molecular flexibility index (Phi) is 5.54. The smallest absolute Gasteiger partial charge is 0.224 e. The molecule has 2 aromatic carbocycles. The Morgan fingerprint density at radius 3 is 2.44 bits per heavy atom. The van der Waals surface area contributed by atoms with Crippen LogP contribution >= 0.6 is 0 Å². The Balaban J connectivity index is 1.64. The molecule has 1 heterocycles. The van der Waals surface area contributed by atoms with Gasteiger partial charge in [0.15, 0.2) is 0 Å². The predicted molar refractivity (Wildman–Crippen MR) is 108 cm³/mol. The Bertz CT molecular complexity index is 993. The van der Waals surface area contributed by atoms with E-state index in [1.165, 1.54) is 6.20 Å². The van der Waals surface area contributed by atoms with Gasteiger partial charge in [0.2, 0.25) is 11.3 Å². The molecular weight excluding hydrogens is 340 g/mol. The minimum Gasteiger partial charge on any atom is -0.378 e. The van der Waals surface area contributed by atoms with Gasteiger partial charge in [-0.3, -0.25) is 14.3 Å². The summed E-state index contributed by atoms with van der Waals surface area (Å²) in [5.74, 6) is 0.0382. The molecule has 3 aromatic rings. The molecule has 0 spiro atoms. The van der Waals surface area contributed by atoms with E-state index in [-0.39, 0.29) is 11.3 Å². The standard InChI is InChI=1S/C21H24N4O2/c1-23(2)17-10-8-16(9-11-17)15-24(3)21(27)12-13-25-19-7-5-4-6-18(19)20(26)14-22-25/h4-11,14H,12-13,15H2,1-3H3. The van der Waals surface area contributed by atoms with E-state index in [1.807, 2.05) is 61.5 Å². The Labute approximate surface area is 158 Å². The van der Waals surface area contributed by atoms with E-state index in [0.717, 1.165) is 16.8 Å². The van der Waals surface area contributed by atoms with Crippen molar-refractivity contribution in [1.82, 2.24) is 14.7 Å². The van der Waals surface area contributed by atoms with Gasteiger partial charge in [-0.15, -0.1) is 0 Å². The molecular formula is C21H24N4O2. The number of amides is 1. The van der Waals surface area contributed by atoms with Crippen LogP contribution in [0.4, 0.5) is 5.69 Å². The Morgan fingerprint density at radius 2 is 1.74 bits per heavy atom. The second-order valence-electron chi connectivity index (χ2n) is 6.81. The fourth-order valence-electron chi connectivity index (χ4n) is 2.99. The van der Waals surface area contributed by atoms with Crippen LogP contribution in [-0.2, 0) is 17.9 Å². The number of anilines is 1. The van der Waals surface area contributed by atoms with Gasteiger partial charge in [-0.25, -0.2) is 0 Å². The lowest BCUT2D eigenvalue weighted by Gasteiger charge is -2.19. The lowest BCUT2D eigenvalue weighted by atomic mass is 10.2. The maximum atomic E-state index is 12.5. The highest BCUT2D eigenvalue weighted by Gasteiger charge is 2.11. The number of benzene rings is 2. The topological polar surface area (TPSA) is 58.4 Å². The second kappa shape index (κ2) is 8.03. The van der Waals surface area contributed by atoms with Gasteiger partial charge in [-0.1, -0.05) is 24.3 Å². The number of rotatable bonds is 6. The molecule has 27 heavy (non-hydrogen) atoms. The molecule has 0 aliphatic heterocycles. The van der Waals surface area contributed by atoms with Crippen molar-refractivity contribution in [2.45, 2.75) is 19.5 Å². The van der Waals surface area contributed by atoms with Gasteiger partial charge in [-0.05, 0) is 29.8 Å². The van der Waals surface area contributed by atoms with Gasteiger partial charge in [0.05, 0.1) is 18.3 Å². The number of para-hydroxylation sites is 1. The SMILES string of the molecule is CN(Cc1ccc(N(C)C)cc1)C(=O)CCn1ncc(=O)c2ccccc21. The molecule has 0 aliphatic rings. The minimum atomic E-state index is -0.105. The van der Waals surface area contributed by atoms with Crippen molar-refractivity contribution in [3.63, 3.8) is 0 Å². The quantitative estimate of drug-likeness (QED) is 0.674. The lowest BCUT2D eigenvalue weighted by molar-refractivity contribution is -0.130. The zero-order chi connectivity index (χ0) is 19.4. The number of carbonyl (C=O) groups is 1. The van der Waals surface area contributed by atoms with Crippen molar-refractivity contribution in [2.75, 3.05) is 26.0 Å². The lowest BCUT2D eigenvalue weighted by Crippen LogP contribution is -2.27. The monoisotopic (exact) mass is 364 g/mol. The van der Waals surface area contributed by atoms with Crippen molar-refractivity contribution < 1.29 is 4.79 Å². The summed E-state index contributed by atoms with van der Waals surface area (Å²) in [5, 5.41) is 4.80. The highest BCUT2D eigenvalue weighted by molar-refractivity contribution is 5.79. The molecule has 0 bridgehead atoms. The molecule has 1 aromatic heterocycles. The number of fused-ring (bicyclic) bond motifs is 1. The van der Waals surface area contributed by atoms with E-state index >= 15 is 0 Å². The Morgan fingerprint density at radius 1 is 1.04 bits per heavy atom. The van der Waals surface area contributed by atoms with Crippen molar-refractivity contribution in [3.05, 3.63) is 70.5 Å². The second-order valence-corrected chi connectivity index (χ2v) is 6.81. The first kappa shape index (κ1) is 18.6. The van der Waals surface area contributed by atoms with Gasteiger partial charge in [0.25, 0.3) is 0 Å². The molecule has 0 saturated carbocycles. The van der Waals surface area contributed by atoms with Crippen LogP contribution in [0.15, 0.2) is 59.5 Å². The summed E-state index contributed by atoms with van der Waals surface area (Å²) in [6.07, 6.45) is 1.63. The molecule has 6 nitrogen and oxygen atoms in total. The van der Waals surface area contributed by atoms with Gasteiger partial charge in [0, 0.05) is 45.2 Å². The van der Waals surface area contributed by atoms with E-state index in [4.69, 9.17) is 0 Å². The largest absolute Gasteiger partial charge is 0.378 e. The Hall–Kier alpha value is -3.15. The molecule has 0 fully saturated rings. The highest BCUT2D eigenvalue weighted by atomic mass is 16.2. The number of hydrogen-bond donors (Lipinski definition) is 0. The van der Waals surface area contributed by atoms with Crippen LogP contribution in [0.1, 0.15) is 12.0 Å². The fraction of sp³-hybridized carbons (Fsp3) is 0.286. The number of aryl methyl sites for hydroxylation is 1. The van der Waals surface area contributed by atoms with Crippen molar-refractivity contribution in [1.29, 1.82) is 0 Å². The number of carbonyl (C=O) groups excluding carboxylic acids is 1. The van der Waals surface area contributed by atoms with Crippen LogP contribution in [0.25, 0.3) is 10.9 Å². The predicted octanol–water partition coefficient (Wildman–Crippen LogP) is 2.51. The summed E-state index contributed by atoms with van der Waals surface area (Å²) >= 11 is 0. The molecule has 3 rings (SSSR count). The van der Waals surface area contributed by atoms with Crippen molar-refractivity contribution in [3.8, 4) is 0 Å². The van der Waals surface area contributed by atoms with Gasteiger partial charge < -0.3 is 9.80 Å². The van der Waals surface area contributed by atoms with E-state index in [0.29, 0.717) is 24.9 Å². The van der Waals surface area contributed by atoms with Crippen LogP contribution < -0.4 is 10.3 Å². The summed E-state index contributed by atoms with van der Waals surface area (Å²) in [6, 6.07) is 15.5. The van der Waals surface area contributed by atoms with Crippen LogP contribution in [0.2, 0.25) is 0 Å². The molecule has 0 N–H and O–H groups in total. The van der Waals surface area contributed by atoms with Gasteiger partial charge in [-0.2, -0.15) is 5.10 Å². The summed E-state index contributed by atoms with van der Waals surface area (Å²) in [6.45, 7) is 0.994. The fourth-order valence-corrected chi connectivity index (χ4v) is 2.99. The molecule has 1 amide bonds. The summed E-state index contributed by atoms with van der Waals surface area (Å²) in [5.41, 5.74) is 2.86. The number of hydrogen-bond acceptors (Lipinski definition) is 4. The molecule has 0 radical (unpaired) electrons. The van der Waals surface area contributed by atoms with Crippen LogP contribution in [0.5, 0.6) is 0 Å². The van der Waals surface area contributed by atoms with E-state index < -0.39 is 0 Å². The summed E-state index contributed by atoms with van der Waals surface area (Å²) < 4.78 is 1.72. The molecule has 0 aliphatic carbocycles. The maximum absolute atomic E-state index is 12.5. The first-order valence-electron chi connectivity index (χ1n) is 8.91. The third-order valence-electron chi connectivity index (χ3n) is 4.60. The average Bonchev–Trinajstić information content (AvgIpc) is 2.68. The molecule has 0 atom stereocenters. The van der Waals surface area contributed by atoms with Crippen molar-refractivity contribution >= 4 is 22.5 Å². The van der Waals surface area contributed by atoms with Crippen molar-refractivity contribution in [2.24, 2.45) is 0 Å². The van der Waals surface area contributed by atoms with E-state index in [2.05, 4.69) is 5.10 Å². The first-order chi connectivity index (χ1) is 13.0. The van der Waals surface area contributed by atoms with Crippen LogP contribution in [0.3, 0.4) is 0 Å². The molecule has 0 saturated heterocycles. The van der Waals surface area contributed by atoms with E-state index in [9.17, 15) is 9.59 Å². The third-order valence-corrected chi connectivity index (χ3v) is 4.60. The van der Waals surface area contributed by atoms with Gasteiger partial charge >= 0.3 is 0 Å². The average molecular weight is 364 g/mol. The molecule has 140 valence electrons. The van der Waals surface area contributed by atoms with Crippen LogP contribution in [-0.4, -0.2) is 41.7 Å². The third kappa shape index (κ3) is 4.34. The van der Waals surface area contributed by atoms with Crippen LogP contribution in [0, 0.1) is 0 Å². The summed E-state index contributed by atoms with van der Waals surface area (Å²) in [7, 11) is 5.80. The minimum absolute atomic E-state index is 0.0382. The maximum Gasteiger partial charge on any atom is 0.224 e.